The van der Waals surface area contributed by atoms with Crippen molar-refractivity contribution < 1.29 is 28.3 Å². The molecule has 0 aliphatic carbocycles. The maximum absolute atomic E-state index is 12.3. The summed E-state index contributed by atoms with van der Waals surface area (Å²) in [6, 6.07) is 3.79. The van der Waals surface area contributed by atoms with Gasteiger partial charge in [-0.15, -0.1) is 11.8 Å². The molecule has 0 aromatic heterocycles. The molecule has 0 radical (unpaired) electrons. The van der Waals surface area contributed by atoms with E-state index in [-0.39, 0.29) is 34.5 Å². The Morgan fingerprint density at radius 1 is 0.966 bits per heavy atom. The van der Waals surface area contributed by atoms with E-state index in [1.807, 2.05) is 53.7 Å². The fraction of sp³-hybridized carbons (Fsp3) is 0.619. The molecule has 0 heterocycles. The van der Waals surface area contributed by atoms with E-state index in [0.717, 1.165) is 16.0 Å². The van der Waals surface area contributed by atoms with Gasteiger partial charge in [0.25, 0.3) is 0 Å². The van der Waals surface area contributed by atoms with E-state index in [1.165, 1.54) is 26.0 Å². The molecule has 0 saturated carbocycles. The zero-order chi connectivity index (χ0) is 22.6. The molecule has 1 rings (SSSR count). The smallest absolute Gasteiger partial charge is 0.337 e. The number of benzene rings is 1. The molecule has 0 atom stereocenters. The van der Waals surface area contributed by atoms with Gasteiger partial charge < -0.3 is 14.2 Å². The molecule has 0 aliphatic rings. The van der Waals surface area contributed by atoms with Crippen molar-refractivity contribution in [3.8, 4) is 5.75 Å². The van der Waals surface area contributed by atoms with Gasteiger partial charge in [0.15, 0.2) is 5.78 Å². The second-order valence-electron chi connectivity index (χ2n) is 9.04. The van der Waals surface area contributed by atoms with Crippen molar-refractivity contribution in [2.45, 2.75) is 63.7 Å². The van der Waals surface area contributed by atoms with Crippen molar-refractivity contribution >= 4 is 30.9 Å². The van der Waals surface area contributed by atoms with E-state index >= 15 is 0 Å². The average Bonchev–Trinajstić information content (AvgIpc) is 2.58. The normalized spacial score (nSPS) is 12.8. The fourth-order valence-electron chi connectivity index (χ4n) is 2.75. The van der Waals surface area contributed by atoms with Crippen molar-refractivity contribution in [2.24, 2.45) is 0 Å². The molecule has 1 N–H and O–H groups in total. The molecule has 164 valence electrons. The molecular weight excluding hydrogens is 411 g/mol. The van der Waals surface area contributed by atoms with E-state index in [4.69, 9.17) is 9.05 Å². The number of hydrogen-bond acceptors (Lipinski definition) is 7. The van der Waals surface area contributed by atoms with Gasteiger partial charge in [-0.05, 0) is 23.0 Å². The van der Waals surface area contributed by atoms with Gasteiger partial charge in [0.1, 0.15) is 17.7 Å². The minimum Gasteiger partial charge on any atom is -0.507 e. The summed E-state index contributed by atoms with van der Waals surface area (Å²) in [4.78, 5) is 25.1. The van der Waals surface area contributed by atoms with E-state index < -0.39 is 19.5 Å². The minimum atomic E-state index is -3.46. The highest BCUT2D eigenvalue weighted by atomic mass is 32.2. The molecule has 6 nitrogen and oxygen atoms in total. The van der Waals surface area contributed by atoms with Crippen LogP contribution in [0.4, 0.5) is 0 Å². The minimum absolute atomic E-state index is 0.105. The Balaban J connectivity index is 2.95. The van der Waals surface area contributed by atoms with Crippen LogP contribution in [0.1, 0.15) is 59.1 Å². The highest BCUT2D eigenvalue weighted by Crippen LogP contribution is 2.46. The summed E-state index contributed by atoms with van der Waals surface area (Å²) in [5, 5.41) is 10.8. The summed E-state index contributed by atoms with van der Waals surface area (Å²) in [5.41, 5.74) is 1.11. The van der Waals surface area contributed by atoms with E-state index in [2.05, 4.69) is 0 Å². The zero-order valence-electron chi connectivity index (χ0n) is 18.6. The fourth-order valence-corrected chi connectivity index (χ4v) is 4.53. The van der Waals surface area contributed by atoms with Crippen LogP contribution in [0.2, 0.25) is 0 Å². The molecule has 0 spiro atoms. The van der Waals surface area contributed by atoms with Gasteiger partial charge in [-0.2, -0.15) is 0 Å². The number of hydrogen-bond donors (Lipinski definition) is 1. The van der Waals surface area contributed by atoms with Crippen LogP contribution < -0.4 is 0 Å². The number of phenols is 1. The van der Waals surface area contributed by atoms with Gasteiger partial charge in [0, 0.05) is 30.2 Å². The average molecular weight is 445 g/mol. The molecule has 0 fully saturated rings. The van der Waals surface area contributed by atoms with E-state index in [1.54, 1.807) is 0 Å². The highest BCUT2D eigenvalue weighted by molar-refractivity contribution is 8.00. The van der Waals surface area contributed by atoms with Crippen molar-refractivity contribution in [3.05, 3.63) is 23.3 Å². The summed E-state index contributed by atoms with van der Waals surface area (Å²) in [6.45, 7) is 12.1. The van der Waals surface area contributed by atoms with Crippen LogP contribution in [-0.2, 0) is 34.0 Å². The molecule has 8 heteroatoms. The third kappa shape index (κ3) is 7.56. The van der Waals surface area contributed by atoms with Crippen LogP contribution in [0.3, 0.4) is 0 Å². The van der Waals surface area contributed by atoms with Crippen molar-refractivity contribution in [1.82, 2.24) is 0 Å². The number of thioether (sulfide) groups is 1. The van der Waals surface area contributed by atoms with Crippen LogP contribution >= 0.6 is 19.4 Å². The predicted octanol–water partition coefficient (Wildman–Crippen LogP) is 5.09. The number of Topliss-reactive ketones (excluding diaryl/α,β-unsaturated/α-hetero) is 2. The summed E-state index contributed by atoms with van der Waals surface area (Å²) in [6.07, 6.45) is -0.738. The van der Waals surface area contributed by atoms with Crippen molar-refractivity contribution in [2.75, 3.05) is 26.1 Å². The quantitative estimate of drug-likeness (QED) is 0.322. The number of aromatic hydroxyl groups is 1. The monoisotopic (exact) mass is 444 g/mol. The Labute approximate surface area is 178 Å². The Morgan fingerprint density at radius 2 is 1.41 bits per heavy atom. The van der Waals surface area contributed by atoms with Gasteiger partial charge in [0.2, 0.25) is 0 Å². The number of phenolic OH excluding ortho intramolecular Hbond substituents is 1. The number of ketones is 2. The van der Waals surface area contributed by atoms with Crippen LogP contribution in [-0.4, -0.2) is 42.8 Å². The lowest BCUT2D eigenvalue weighted by Gasteiger charge is -2.28. The van der Waals surface area contributed by atoms with Crippen LogP contribution in [0.25, 0.3) is 0 Å². The molecule has 1 aromatic carbocycles. The maximum Gasteiger partial charge on any atom is 0.337 e. The van der Waals surface area contributed by atoms with Gasteiger partial charge >= 0.3 is 7.60 Å². The first-order chi connectivity index (χ1) is 13.1. The maximum atomic E-state index is 12.3. The van der Waals surface area contributed by atoms with Gasteiger partial charge in [-0.1, -0.05) is 41.5 Å². The molecule has 29 heavy (non-hydrogen) atoms. The number of rotatable bonds is 9. The van der Waals surface area contributed by atoms with Crippen LogP contribution in [0.5, 0.6) is 5.75 Å². The highest BCUT2D eigenvalue weighted by Gasteiger charge is 2.28. The van der Waals surface area contributed by atoms with Crippen LogP contribution in [0.15, 0.2) is 17.0 Å². The first-order valence-electron chi connectivity index (χ1n) is 9.37. The lowest BCUT2D eigenvalue weighted by molar-refractivity contribution is -0.124. The molecule has 0 unspecified atom stereocenters. The summed E-state index contributed by atoms with van der Waals surface area (Å²) in [7, 11) is -1.05. The summed E-state index contributed by atoms with van der Waals surface area (Å²) in [5.74, 6) is -0.347. The molecule has 0 bridgehead atoms. The topological polar surface area (TPSA) is 89.9 Å². The Bertz CT molecular complexity index is 761. The molecule has 0 amide bonds. The van der Waals surface area contributed by atoms with E-state index in [0.29, 0.717) is 0 Å². The second kappa shape index (κ2) is 9.78. The summed E-state index contributed by atoms with van der Waals surface area (Å²) >= 11 is 1.32. The number of carbonyl (C=O) groups excluding carboxylic acids is 2. The first-order valence-corrected chi connectivity index (χ1v) is 12.1. The van der Waals surface area contributed by atoms with Crippen molar-refractivity contribution in [3.63, 3.8) is 0 Å². The standard InChI is InChI=1S/C21H33O6PS/c1-20(2,3)17-10-16(11-18(19(17)24)21(4,5)6)29-13-15(23)9-14(22)12-28(25,26-7)27-8/h10-11,24H,9,12-13H2,1-8H3. The zero-order valence-corrected chi connectivity index (χ0v) is 20.3. The predicted molar refractivity (Wildman–Crippen MR) is 117 cm³/mol. The van der Waals surface area contributed by atoms with Crippen molar-refractivity contribution in [1.29, 1.82) is 0 Å². The summed E-state index contributed by atoms with van der Waals surface area (Å²) < 4.78 is 21.5. The van der Waals surface area contributed by atoms with E-state index in [9.17, 15) is 19.3 Å². The van der Waals surface area contributed by atoms with Gasteiger partial charge in [-0.3, -0.25) is 14.2 Å². The second-order valence-corrected chi connectivity index (χ2v) is 12.4. The lowest BCUT2D eigenvalue weighted by Crippen LogP contribution is -2.17. The Hall–Kier alpha value is -1.14. The number of carbonyl (C=O) groups is 2. The SMILES string of the molecule is COP(=O)(CC(=O)CC(=O)CSc1cc(C(C)(C)C)c(O)c(C(C)(C)C)c1)OC. The van der Waals surface area contributed by atoms with Crippen LogP contribution in [0, 0.1) is 0 Å². The Morgan fingerprint density at radius 3 is 1.79 bits per heavy atom. The third-order valence-corrected chi connectivity index (χ3v) is 7.31. The largest absolute Gasteiger partial charge is 0.507 e. The Kier molecular flexibility index (Phi) is 8.73. The third-order valence-electron chi connectivity index (χ3n) is 4.42. The first kappa shape index (κ1) is 25.9. The molecular formula is C21H33O6PS. The van der Waals surface area contributed by atoms with Gasteiger partial charge in [-0.25, -0.2) is 0 Å². The molecule has 0 saturated heterocycles. The molecule has 0 aliphatic heterocycles. The van der Waals surface area contributed by atoms with Gasteiger partial charge in [0.05, 0.1) is 12.2 Å². The molecule has 1 aromatic rings. The lowest BCUT2D eigenvalue weighted by atomic mass is 9.79.